The molecular weight excluding hydrogens is 278 g/mol. The third kappa shape index (κ3) is 3.56. The molecule has 0 aliphatic heterocycles. The van der Waals surface area contributed by atoms with Crippen LogP contribution in [0.15, 0.2) is 47.1 Å². The molecule has 0 atom stereocenters. The predicted molar refractivity (Wildman–Crippen MR) is 72.3 cm³/mol. The highest BCUT2D eigenvalue weighted by Crippen LogP contribution is 2.22. The lowest BCUT2D eigenvalue weighted by Crippen LogP contribution is -2.03. The number of pyridine rings is 1. The maximum atomic E-state index is 5.73. The zero-order valence-corrected chi connectivity index (χ0v) is 11.3. The molecule has 0 fully saturated rings. The van der Waals surface area contributed by atoms with Gasteiger partial charge in [0, 0.05) is 22.8 Å². The van der Waals surface area contributed by atoms with E-state index in [1.165, 1.54) is 0 Å². The summed E-state index contributed by atoms with van der Waals surface area (Å²) >= 11 is 3.44. The largest absolute Gasteiger partial charge is 0.493 e. The van der Waals surface area contributed by atoms with Gasteiger partial charge in [-0.25, -0.2) is 0 Å². The molecule has 0 unspecified atom stereocenters. The van der Waals surface area contributed by atoms with Crippen molar-refractivity contribution in [3.05, 3.63) is 58.3 Å². The van der Waals surface area contributed by atoms with E-state index in [-0.39, 0.29) is 0 Å². The van der Waals surface area contributed by atoms with Crippen LogP contribution < -0.4 is 4.74 Å². The van der Waals surface area contributed by atoms with Crippen molar-refractivity contribution in [2.24, 2.45) is 0 Å². The molecular formula is C14H14BrNO. The van der Waals surface area contributed by atoms with Crippen molar-refractivity contribution >= 4 is 15.9 Å². The number of benzene rings is 1. The van der Waals surface area contributed by atoms with Gasteiger partial charge in [0.2, 0.25) is 0 Å². The van der Waals surface area contributed by atoms with E-state index in [1.54, 1.807) is 6.20 Å². The molecule has 2 nitrogen and oxygen atoms in total. The van der Waals surface area contributed by atoms with Gasteiger partial charge in [-0.2, -0.15) is 0 Å². The molecule has 0 spiro atoms. The van der Waals surface area contributed by atoms with Crippen LogP contribution in [0.3, 0.4) is 0 Å². The maximum absolute atomic E-state index is 5.73. The van der Waals surface area contributed by atoms with Gasteiger partial charge < -0.3 is 4.74 Å². The van der Waals surface area contributed by atoms with Crippen LogP contribution in [-0.4, -0.2) is 11.6 Å². The number of ether oxygens (including phenoxy) is 1. The fourth-order valence-corrected chi connectivity index (χ4v) is 2.06. The van der Waals surface area contributed by atoms with Gasteiger partial charge in [0.1, 0.15) is 5.75 Å². The van der Waals surface area contributed by atoms with Crippen molar-refractivity contribution in [1.29, 1.82) is 0 Å². The highest BCUT2D eigenvalue weighted by atomic mass is 79.9. The number of rotatable bonds is 4. The lowest BCUT2D eigenvalue weighted by atomic mass is 10.2. The number of aryl methyl sites for hydroxylation is 1. The Morgan fingerprint density at radius 2 is 2.12 bits per heavy atom. The van der Waals surface area contributed by atoms with Crippen LogP contribution >= 0.6 is 15.9 Å². The molecule has 17 heavy (non-hydrogen) atoms. The normalized spacial score (nSPS) is 10.2. The van der Waals surface area contributed by atoms with Gasteiger partial charge in [0.05, 0.1) is 6.61 Å². The molecule has 1 heterocycles. The maximum Gasteiger partial charge on any atom is 0.122 e. The summed E-state index contributed by atoms with van der Waals surface area (Å²) in [5.41, 5.74) is 2.20. The smallest absolute Gasteiger partial charge is 0.122 e. The van der Waals surface area contributed by atoms with E-state index in [4.69, 9.17) is 4.74 Å². The van der Waals surface area contributed by atoms with Crippen molar-refractivity contribution in [3.63, 3.8) is 0 Å². The third-order valence-electron chi connectivity index (χ3n) is 2.48. The van der Waals surface area contributed by atoms with E-state index in [2.05, 4.69) is 27.0 Å². The molecule has 0 N–H and O–H groups in total. The van der Waals surface area contributed by atoms with Crippen LogP contribution in [0, 0.1) is 6.92 Å². The highest BCUT2D eigenvalue weighted by Gasteiger charge is 2.00. The Kier molecular flexibility index (Phi) is 4.15. The summed E-state index contributed by atoms with van der Waals surface area (Å²) < 4.78 is 6.81. The summed E-state index contributed by atoms with van der Waals surface area (Å²) in [6.07, 6.45) is 2.64. The van der Waals surface area contributed by atoms with Crippen molar-refractivity contribution in [3.8, 4) is 5.75 Å². The van der Waals surface area contributed by atoms with E-state index in [9.17, 15) is 0 Å². The van der Waals surface area contributed by atoms with Gasteiger partial charge in [-0.15, -0.1) is 0 Å². The summed E-state index contributed by atoms with van der Waals surface area (Å²) in [6, 6.07) is 11.9. The van der Waals surface area contributed by atoms with E-state index in [1.807, 2.05) is 37.3 Å². The van der Waals surface area contributed by atoms with Crippen molar-refractivity contribution < 1.29 is 4.74 Å². The number of nitrogens with zero attached hydrogens (tertiary/aromatic N) is 1. The molecule has 1 aromatic heterocycles. The molecule has 0 bridgehead atoms. The quantitative estimate of drug-likeness (QED) is 0.855. The first-order valence-corrected chi connectivity index (χ1v) is 6.34. The molecule has 0 aliphatic rings. The summed E-state index contributed by atoms with van der Waals surface area (Å²) in [5.74, 6) is 0.934. The van der Waals surface area contributed by atoms with Crippen LogP contribution in [0.1, 0.15) is 11.3 Å². The van der Waals surface area contributed by atoms with Gasteiger partial charge >= 0.3 is 0 Å². The molecule has 3 heteroatoms. The molecule has 2 rings (SSSR count). The second-order valence-electron chi connectivity index (χ2n) is 3.83. The molecule has 2 aromatic rings. The Bertz CT molecular complexity index is 485. The van der Waals surface area contributed by atoms with Crippen LogP contribution in [0.25, 0.3) is 0 Å². The summed E-state index contributed by atoms with van der Waals surface area (Å²) in [7, 11) is 0. The van der Waals surface area contributed by atoms with Gasteiger partial charge in [-0.3, -0.25) is 4.98 Å². The number of hydrogen-bond donors (Lipinski definition) is 0. The van der Waals surface area contributed by atoms with Gasteiger partial charge in [-0.05, 0) is 42.8 Å². The lowest BCUT2D eigenvalue weighted by molar-refractivity contribution is 0.318. The fourth-order valence-electron chi connectivity index (χ4n) is 1.59. The number of halogens is 1. The average molecular weight is 292 g/mol. The minimum atomic E-state index is 0.652. The highest BCUT2D eigenvalue weighted by molar-refractivity contribution is 9.10. The van der Waals surface area contributed by atoms with Crippen LogP contribution in [0.4, 0.5) is 0 Å². The van der Waals surface area contributed by atoms with Crippen molar-refractivity contribution in [1.82, 2.24) is 4.98 Å². The topological polar surface area (TPSA) is 22.1 Å². The zero-order chi connectivity index (χ0) is 12.1. The molecule has 1 aromatic carbocycles. The molecule has 0 aliphatic carbocycles. The molecule has 0 saturated heterocycles. The SMILES string of the molecule is Cc1cc(Br)ccc1OCCc1ccccn1. The number of hydrogen-bond acceptors (Lipinski definition) is 2. The zero-order valence-electron chi connectivity index (χ0n) is 9.69. The Labute approximate surface area is 110 Å². The van der Waals surface area contributed by atoms with Crippen molar-refractivity contribution in [2.75, 3.05) is 6.61 Å². The Balaban J connectivity index is 1.90. The third-order valence-corrected chi connectivity index (χ3v) is 2.97. The lowest BCUT2D eigenvalue weighted by Gasteiger charge is -2.08. The van der Waals surface area contributed by atoms with E-state index < -0.39 is 0 Å². The van der Waals surface area contributed by atoms with Gasteiger partial charge in [-0.1, -0.05) is 22.0 Å². The second kappa shape index (κ2) is 5.82. The predicted octanol–water partition coefficient (Wildman–Crippen LogP) is 3.77. The first kappa shape index (κ1) is 12.1. The van der Waals surface area contributed by atoms with Gasteiger partial charge in [0.15, 0.2) is 0 Å². The monoisotopic (exact) mass is 291 g/mol. The fraction of sp³-hybridized carbons (Fsp3) is 0.214. The van der Waals surface area contributed by atoms with Crippen molar-refractivity contribution in [2.45, 2.75) is 13.3 Å². The van der Waals surface area contributed by atoms with Crippen LogP contribution in [0.5, 0.6) is 5.75 Å². The van der Waals surface area contributed by atoms with E-state index in [0.29, 0.717) is 6.61 Å². The first-order chi connectivity index (χ1) is 8.25. The minimum absolute atomic E-state index is 0.652. The van der Waals surface area contributed by atoms with E-state index in [0.717, 1.165) is 27.9 Å². The first-order valence-electron chi connectivity index (χ1n) is 5.54. The van der Waals surface area contributed by atoms with Crippen LogP contribution in [-0.2, 0) is 6.42 Å². The molecule has 0 saturated carbocycles. The average Bonchev–Trinajstić information content (AvgIpc) is 2.33. The van der Waals surface area contributed by atoms with E-state index >= 15 is 0 Å². The standard InChI is InChI=1S/C14H14BrNO/c1-11-10-12(15)5-6-14(11)17-9-7-13-4-2-3-8-16-13/h2-6,8,10H,7,9H2,1H3. The summed E-state index contributed by atoms with van der Waals surface area (Å²) in [5, 5.41) is 0. The Morgan fingerprint density at radius 1 is 1.24 bits per heavy atom. The molecule has 0 radical (unpaired) electrons. The van der Waals surface area contributed by atoms with Gasteiger partial charge in [0.25, 0.3) is 0 Å². The minimum Gasteiger partial charge on any atom is -0.493 e. The Morgan fingerprint density at radius 3 is 2.82 bits per heavy atom. The number of aromatic nitrogens is 1. The molecule has 0 amide bonds. The summed E-state index contributed by atoms with van der Waals surface area (Å²) in [4.78, 5) is 4.26. The summed E-state index contributed by atoms with van der Waals surface area (Å²) in [6.45, 7) is 2.69. The molecule has 88 valence electrons. The Hall–Kier alpha value is -1.35. The van der Waals surface area contributed by atoms with Crippen LogP contribution in [0.2, 0.25) is 0 Å². The second-order valence-corrected chi connectivity index (χ2v) is 4.75.